The third-order valence-corrected chi connectivity index (χ3v) is 5.77. The normalized spacial score (nSPS) is 28.5. The van der Waals surface area contributed by atoms with E-state index in [-0.39, 0.29) is 5.91 Å². The van der Waals surface area contributed by atoms with Gasteiger partial charge in [0.05, 0.1) is 6.54 Å². The zero-order valence-corrected chi connectivity index (χ0v) is 19.4. The van der Waals surface area contributed by atoms with Crippen LogP contribution in [0.4, 0.5) is 4.79 Å². The predicted molar refractivity (Wildman–Crippen MR) is 118 cm³/mol. The number of carbonyl (C=O) groups is 4. The first-order chi connectivity index (χ1) is 15.1. The molecule has 2 aliphatic rings. The summed E-state index contributed by atoms with van der Waals surface area (Å²) in [6, 6.07) is -2.41. The van der Waals surface area contributed by atoms with E-state index in [2.05, 4.69) is 10.6 Å². The quantitative estimate of drug-likeness (QED) is 0.468. The molecule has 1 fully saturated rings. The van der Waals surface area contributed by atoms with Gasteiger partial charge in [-0.05, 0) is 52.9 Å². The highest BCUT2D eigenvalue weighted by molar-refractivity contribution is 5.88. The van der Waals surface area contributed by atoms with Gasteiger partial charge in [-0.1, -0.05) is 25.0 Å². The van der Waals surface area contributed by atoms with Gasteiger partial charge >= 0.3 is 18.0 Å². The molecule has 4 unspecified atom stereocenters. The molecule has 0 aromatic carbocycles. The minimum atomic E-state index is -1.08. The second kappa shape index (κ2) is 12.0. The second-order valence-electron chi connectivity index (χ2n) is 9.62. The van der Waals surface area contributed by atoms with Crippen molar-refractivity contribution in [1.29, 1.82) is 0 Å². The molecule has 2 rings (SSSR count). The molecule has 180 valence electrons. The van der Waals surface area contributed by atoms with Gasteiger partial charge in [0.25, 0.3) is 5.91 Å². The molecule has 4 N–H and O–H groups in total. The Balaban J connectivity index is 2.20. The summed E-state index contributed by atoms with van der Waals surface area (Å²) in [5.74, 6) is -1.75. The number of hydrogen-bond acceptors (Lipinski definition) is 5. The van der Waals surface area contributed by atoms with Crippen molar-refractivity contribution in [3.63, 3.8) is 0 Å². The molecule has 3 amide bonds. The number of allylic oxidation sites excluding steroid dienone is 2. The van der Waals surface area contributed by atoms with E-state index in [4.69, 9.17) is 4.74 Å². The first kappa shape index (κ1) is 25.8. The molecule has 2 heterocycles. The fourth-order valence-electron chi connectivity index (χ4n) is 4.19. The van der Waals surface area contributed by atoms with Crippen LogP contribution in [0.1, 0.15) is 78.6 Å². The van der Waals surface area contributed by atoms with Crippen molar-refractivity contribution in [2.75, 3.05) is 6.54 Å². The third kappa shape index (κ3) is 8.26. The second-order valence-corrected chi connectivity index (χ2v) is 9.62. The van der Waals surface area contributed by atoms with E-state index in [1.807, 2.05) is 12.2 Å². The molecule has 4 atom stereocenters. The Morgan fingerprint density at radius 3 is 2.47 bits per heavy atom. The largest absolute Gasteiger partial charge is 0.480 e. The summed E-state index contributed by atoms with van der Waals surface area (Å²) in [4.78, 5) is 50.7. The van der Waals surface area contributed by atoms with Crippen LogP contribution in [0.2, 0.25) is 0 Å². The van der Waals surface area contributed by atoms with Crippen LogP contribution in [0.5, 0.6) is 0 Å². The maximum Gasteiger partial charge on any atom is 0.408 e. The van der Waals surface area contributed by atoms with Gasteiger partial charge in [-0.25, -0.2) is 14.4 Å². The van der Waals surface area contributed by atoms with Crippen LogP contribution in [-0.4, -0.2) is 59.3 Å². The number of ether oxygens (including phenoxy) is 1. The molecule has 0 aromatic rings. The first-order valence-electron chi connectivity index (χ1n) is 11.7. The summed E-state index contributed by atoms with van der Waals surface area (Å²) < 4.78 is 5.34. The number of hydrogen-bond donors (Lipinski definition) is 4. The molecule has 2 aliphatic heterocycles. The van der Waals surface area contributed by atoms with E-state index in [1.54, 1.807) is 20.8 Å². The van der Waals surface area contributed by atoms with Gasteiger partial charge in [0.2, 0.25) is 0 Å². The monoisotopic (exact) mass is 452 g/mol. The summed E-state index contributed by atoms with van der Waals surface area (Å²) in [5.41, 5.74) is -0.688. The van der Waals surface area contributed by atoms with E-state index in [1.165, 1.54) is 0 Å². The number of rotatable bonds is 2. The van der Waals surface area contributed by atoms with Crippen LogP contribution in [0.3, 0.4) is 0 Å². The van der Waals surface area contributed by atoms with E-state index >= 15 is 0 Å². The lowest BCUT2D eigenvalue weighted by Crippen LogP contribution is -3.19. The Labute approximate surface area is 189 Å². The molecule has 0 saturated carbocycles. The molecular weight excluding hydrogens is 414 g/mol. The fraction of sp³-hybridized carbons (Fsp3) is 0.739. The summed E-state index contributed by atoms with van der Waals surface area (Å²) >= 11 is 0. The van der Waals surface area contributed by atoms with Gasteiger partial charge in [-0.15, -0.1) is 0 Å². The van der Waals surface area contributed by atoms with Gasteiger partial charge in [0.15, 0.2) is 6.04 Å². The topological polar surface area (TPSA) is 126 Å². The lowest BCUT2D eigenvalue weighted by atomic mass is 10.0. The molecule has 0 radical (unpaired) electrons. The van der Waals surface area contributed by atoms with Crippen LogP contribution in [0.25, 0.3) is 0 Å². The average Bonchev–Trinajstić information content (AvgIpc) is 3.17. The summed E-state index contributed by atoms with van der Waals surface area (Å²) in [7, 11) is 0. The highest BCUT2D eigenvalue weighted by Crippen LogP contribution is 2.12. The maximum atomic E-state index is 13.4. The van der Waals surface area contributed by atoms with Crippen LogP contribution in [-0.2, 0) is 19.1 Å². The number of nitrogens with one attached hydrogen (secondary N) is 3. The zero-order chi connectivity index (χ0) is 23.7. The van der Waals surface area contributed by atoms with Crippen molar-refractivity contribution in [2.45, 2.75) is 102 Å². The summed E-state index contributed by atoms with van der Waals surface area (Å²) in [6.45, 7) is 5.74. The standard InChI is InChI=1S/C23H37N3O6/c1-23(2,3)32-22(31)25-16-12-9-7-5-4-6-8-10-13-17(21(29)30)24-19(27)18-14-11-15-26(18)20(16)28/h6,8,16-18H,4-5,7,9-15H2,1-3H3,(H,24,27)(H,25,31)(H,29,30)/p+1. The van der Waals surface area contributed by atoms with Crippen molar-refractivity contribution < 1.29 is 33.9 Å². The first-order valence-corrected chi connectivity index (χ1v) is 11.7. The molecule has 0 bridgehead atoms. The van der Waals surface area contributed by atoms with Crippen molar-refractivity contribution >= 4 is 23.9 Å². The average molecular weight is 453 g/mol. The Morgan fingerprint density at radius 1 is 1.06 bits per heavy atom. The molecule has 9 heteroatoms. The van der Waals surface area contributed by atoms with Gasteiger partial charge in [-0.3, -0.25) is 9.69 Å². The van der Waals surface area contributed by atoms with Crippen molar-refractivity contribution in [3.8, 4) is 0 Å². The maximum absolute atomic E-state index is 13.4. The van der Waals surface area contributed by atoms with Gasteiger partial charge < -0.3 is 20.5 Å². The number of amides is 3. The van der Waals surface area contributed by atoms with Crippen LogP contribution in [0, 0.1) is 0 Å². The number of carboxylic acid groups (broad SMARTS) is 1. The summed E-state index contributed by atoms with van der Waals surface area (Å²) in [5, 5.41) is 14.8. The number of quaternary nitrogens is 1. The Hall–Kier alpha value is -2.42. The smallest absolute Gasteiger partial charge is 0.408 e. The fourth-order valence-corrected chi connectivity index (χ4v) is 4.19. The molecule has 0 aromatic heterocycles. The van der Waals surface area contributed by atoms with Gasteiger partial charge in [0.1, 0.15) is 17.7 Å². The van der Waals surface area contributed by atoms with Crippen molar-refractivity contribution in [3.05, 3.63) is 12.2 Å². The number of alkyl carbamates (subject to hydrolysis) is 1. The highest BCUT2D eigenvalue weighted by atomic mass is 16.6. The Morgan fingerprint density at radius 2 is 1.78 bits per heavy atom. The van der Waals surface area contributed by atoms with E-state index in [9.17, 15) is 24.3 Å². The number of carbonyl (C=O) groups excluding carboxylic acids is 3. The van der Waals surface area contributed by atoms with Crippen molar-refractivity contribution in [2.24, 2.45) is 0 Å². The van der Waals surface area contributed by atoms with Crippen LogP contribution >= 0.6 is 0 Å². The van der Waals surface area contributed by atoms with Crippen LogP contribution in [0.15, 0.2) is 12.2 Å². The lowest BCUT2D eigenvalue weighted by molar-refractivity contribution is -0.824. The minimum Gasteiger partial charge on any atom is -0.480 e. The van der Waals surface area contributed by atoms with Gasteiger partial charge in [-0.2, -0.15) is 0 Å². The molecule has 9 nitrogen and oxygen atoms in total. The van der Waals surface area contributed by atoms with E-state index in [0.717, 1.165) is 25.7 Å². The molecule has 32 heavy (non-hydrogen) atoms. The van der Waals surface area contributed by atoms with E-state index < -0.39 is 41.7 Å². The number of fused-ring (bicyclic) bond motifs is 1. The lowest BCUT2D eigenvalue weighted by Gasteiger charge is -2.26. The molecule has 0 aliphatic carbocycles. The number of aliphatic carboxylic acids is 1. The SMILES string of the molecule is CC(C)(C)OC(=O)NC1CCCCCC=CCCC(C(=O)O)NC(=O)C2CCC[NH+]2C1=O. The molecular formula is C23H38N3O6+. The highest BCUT2D eigenvalue weighted by Gasteiger charge is 2.43. The van der Waals surface area contributed by atoms with E-state index in [0.29, 0.717) is 43.5 Å². The van der Waals surface area contributed by atoms with Crippen molar-refractivity contribution in [1.82, 2.24) is 10.6 Å². The molecule has 0 spiro atoms. The van der Waals surface area contributed by atoms with Crippen LogP contribution < -0.4 is 15.5 Å². The summed E-state index contributed by atoms with van der Waals surface area (Å²) in [6.07, 6.45) is 9.33. The van der Waals surface area contributed by atoms with Gasteiger partial charge in [0, 0.05) is 12.8 Å². The zero-order valence-electron chi connectivity index (χ0n) is 19.4. The minimum absolute atomic E-state index is 0.243. The molecule has 1 saturated heterocycles. The predicted octanol–water partition coefficient (Wildman–Crippen LogP) is 1.32. The number of carboxylic acids is 1. The Kier molecular flexibility index (Phi) is 9.68. The Bertz CT molecular complexity index is 715. The third-order valence-electron chi connectivity index (χ3n) is 5.77.